The number of carboxylic acid groups (broad SMARTS) is 1. The van der Waals surface area contributed by atoms with Crippen LogP contribution in [0.2, 0.25) is 0 Å². The van der Waals surface area contributed by atoms with Gasteiger partial charge < -0.3 is 14.4 Å². The highest BCUT2D eigenvalue weighted by Crippen LogP contribution is 2.30. The van der Waals surface area contributed by atoms with Gasteiger partial charge in [-0.3, -0.25) is 0 Å². The first-order valence-electron chi connectivity index (χ1n) is 5.95. The molecule has 0 aliphatic carbocycles. The fraction of sp³-hybridized carbons (Fsp3) is 0.357. The number of carbonyl (C=O) groups is 1. The van der Waals surface area contributed by atoms with Crippen molar-refractivity contribution in [2.75, 3.05) is 14.1 Å². The third-order valence-corrected chi connectivity index (χ3v) is 2.93. The lowest BCUT2D eigenvalue weighted by atomic mass is 10.0. The molecular formula is C14H17NO3. The average molecular weight is 247 g/mol. The van der Waals surface area contributed by atoms with E-state index in [1.165, 1.54) is 0 Å². The fourth-order valence-corrected chi connectivity index (χ4v) is 2.27. The molecule has 0 saturated carbocycles. The summed E-state index contributed by atoms with van der Waals surface area (Å²) < 4.78 is 5.46. The van der Waals surface area contributed by atoms with Gasteiger partial charge in [0.1, 0.15) is 5.58 Å². The van der Waals surface area contributed by atoms with E-state index in [-0.39, 0.29) is 5.76 Å². The van der Waals surface area contributed by atoms with Crippen LogP contribution in [0.4, 0.5) is 0 Å². The van der Waals surface area contributed by atoms with E-state index in [9.17, 15) is 4.79 Å². The van der Waals surface area contributed by atoms with Crippen LogP contribution in [-0.2, 0) is 13.0 Å². The molecule has 4 heteroatoms. The van der Waals surface area contributed by atoms with Gasteiger partial charge in [0, 0.05) is 17.5 Å². The van der Waals surface area contributed by atoms with Crippen LogP contribution < -0.4 is 0 Å². The third-order valence-electron chi connectivity index (χ3n) is 2.93. The van der Waals surface area contributed by atoms with Crippen LogP contribution in [0.3, 0.4) is 0 Å². The van der Waals surface area contributed by atoms with Crippen LogP contribution in [0.15, 0.2) is 22.6 Å². The third kappa shape index (κ3) is 2.11. The van der Waals surface area contributed by atoms with Crippen molar-refractivity contribution in [1.82, 2.24) is 4.90 Å². The van der Waals surface area contributed by atoms with E-state index in [1.54, 1.807) is 0 Å². The summed E-state index contributed by atoms with van der Waals surface area (Å²) in [5.74, 6) is -0.933. The maximum absolute atomic E-state index is 11.2. The zero-order valence-corrected chi connectivity index (χ0v) is 10.9. The Hall–Kier alpha value is -1.81. The van der Waals surface area contributed by atoms with Crippen LogP contribution in [-0.4, -0.2) is 30.1 Å². The summed E-state index contributed by atoms with van der Waals surface area (Å²) in [6, 6.07) is 5.73. The number of hydrogen-bond acceptors (Lipinski definition) is 3. The van der Waals surface area contributed by atoms with Gasteiger partial charge in [0.05, 0.1) is 0 Å². The number of rotatable bonds is 4. The first-order valence-corrected chi connectivity index (χ1v) is 5.95. The van der Waals surface area contributed by atoms with E-state index in [1.807, 2.05) is 39.2 Å². The molecule has 1 N–H and O–H groups in total. The Kier molecular flexibility index (Phi) is 3.39. The molecule has 0 atom stereocenters. The molecule has 0 fully saturated rings. The summed E-state index contributed by atoms with van der Waals surface area (Å²) in [6.45, 7) is 2.71. The van der Waals surface area contributed by atoms with Crippen LogP contribution in [0, 0.1) is 0 Å². The second-order valence-corrected chi connectivity index (χ2v) is 4.60. The molecule has 96 valence electrons. The van der Waals surface area contributed by atoms with Crippen molar-refractivity contribution in [3.8, 4) is 0 Å². The van der Waals surface area contributed by atoms with Crippen LogP contribution >= 0.6 is 0 Å². The molecule has 1 aromatic carbocycles. The monoisotopic (exact) mass is 247 g/mol. The van der Waals surface area contributed by atoms with Crippen molar-refractivity contribution in [2.24, 2.45) is 0 Å². The topological polar surface area (TPSA) is 53.7 Å². The molecule has 0 radical (unpaired) electrons. The van der Waals surface area contributed by atoms with Crippen LogP contribution in [0.5, 0.6) is 0 Å². The number of carboxylic acids is 1. The summed E-state index contributed by atoms with van der Waals surface area (Å²) in [5.41, 5.74) is 2.55. The van der Waals surface area contributed by atoms with Crippen molar-refractivity contribution >= 4 is 16.9 Å². The number of benzene rings is 1. The standard InChI is InChI=1S/C14H17NO3/c1-4-10-12-9(8-15(2)3)6-5-7-11(12)18-13(10)14(16)17/h5-7H,4,8H2,1-3H3,(H,16,17). The van der Waals surface area contributed by atoms with Gasteiger partial charge in [-0.15, -0.1) is 0 Å². The Bertz CT molecular complexity index is 584. The minimum atomic E-state index is -1.00. The molecule has 0 spiro atoms. The summed E-state index contributed by atoms with van der Waals surface area (Å²) in [4.78, 5) is 13.2. The van der Waals surface area contributed by atoms with Crippen molar-refractivity contribution in [2.45, 2.75) is 19.9 Å². The first-order chi connectivity index (χ1) is 8.54. The van der Waals surface area contributed by atoms with E-state index >= 15 is 0 Å². The number of hydrogen-bond donors (Lipinski definition) is 1. The molecule has 0 amide bonds. The second kappa shape index (κ2) is 4.82. The van der Waals surface area contributed by atoms with Gasteiger partial charge in [-0.2, -0.15) is 0 Å². The Morgan fingerprint density at radius 2 is 2.11 bits per heavy atom. The van der Waals surface area contributed by atoms with Gasteiger partial charge in [-0.05, 0) is 32.1 Å². The van der Waals surface area contributed by atoms with Crippen molar-refractivity contribution in [1.29, 1.82) is 0 Å². The van der Waals surface area contributed by atoms with Crippen LogP contribution in [0.1, 0.15) is 28.6 Å². The highest BCUT2D eigenvalue weighted by molar-refractivity contribution is 5.96. The highest BCUT2D eigenvalue weighted by atomic mass is 16.4. The fourth-order valence-electron chi connectivity index (χ4n) is 2.27. The second-order valence-electron chi connectivity index (χ2n) is 4.60. The number of aryl methyl sites for hydroxylation is 1. The molecule has 0 aliphatic heterocycles. The maximum Gasteiger partial charge on any atom is 0.372 e. The van der Waals surface area contributed by atoms with Crippen molar-refractivity contribution in [3.63, 3.8) is 0 Å². The van der Waals surface area contributed by atoms with Gasteiger partial charge in [0.15, 0.2) is 0 Å². The molecule has 0 saturated heterocycles. The lowest BCUT2D eigenvalue weighted by Gasteiger charge is -2.11. The van der Waals surface area contributed by atoms with Crippen LogP contribution in [0.25, 0.3) is 11.0 Å². The number of nitrogens with zero attached hydrogens (tertiary/aromatic N) is 1. The first kappa shape index (κ1) is 12.6. The number of fused-ring (bicyclic) bond motifs is 1. The van der Waals surface area contributed by atoms with E-state index in [0.29, 0.717) is 12.0 Å². The molecule has 2 aromatic rings. The molecule has 4 nitrogen and oxygen atoms in total. The molecule has 18 heavy (non-hydrogen) atoms. The number of aromatic carboxylic acids is 1. The smallest absolute Gasteiger partial charge is 0.372 e. The normalized spacial score (nSPS) is 11.3. The molecule has 0 unspecified atom stereocenters. The van der Waals surface area contributed by atoms with E-state index in [0.717, 1.165) is 23.1 Å². The van der Waals surface area contributed by atoms with E-state index in [2.05, 4.69) is 4.90 Å². The zero-order chi connectivity index (χ0) is 13.3. The largest absolute Gasteiger partial charge is 0.475 e. The summed E-state index contributed by atoms with van der Waals surface area (Å²) in [6.07, 6.45) is 0.652. The van der Waals surface area contributed by atoms with Gasteiger partial charge >= 0.3 is 5.97 Å². The van der Waals surface area contributed by atoms with Gasteiger partial charge in [0.25, 0.3) is 0 Å². The lowest BCUT2D eigenvalue weighted by molar-refractivity contribution is 0.0663. The maximum atomic E-state index is 11.2. The molecule has 1 heterocycles. The predicted molar refractivity (Wildman–Crippen MR) is 69.9 cm³/mol. The molecule has 0 bridgehead atoms. The summed E-state index contributed by atoms with van der Waals surface area (Å²) in [5, 5.41) is 10.1. The lowest BCUT2D eigenvalue weighted by Crippen LogP contribution is -2.11. The van der Waals surface area contributed by atoms with E-state index in [4.69, 9.17) is 9.52 Å². The summed E-state index contributed by atoms with van der Waals surface area (Å²) in [7, 11) is 3.98. The van der Waals surface area contributed by atoms with Gasteiger partial charge in [0.2, 0.25) is 5.76 Å². The molecular weight excluding hydrogens is 230 g/mol. The molecule has 2 rings (SSSR count). The molecule has 0 aliphatic rings. The Balaban J connectivity index is 2.70. The highest BCUT2D eigenvalue weighted by Gasteiger charge is 2.20. The Labute approximate surface area is 106 Å². The van der Waals surface area contributed by atoms with Crippen molar-refractivity contribution in [3.05, 3.63) is 35.1 Å². The Morgan fingerprint density at radius 1 is 1.39 bits per heavy atom. The van der Waals surface area contributed by atoms with Gasteiger partial charge in [-0.1, -0.05) is 19.1 Å². The van der Waals surface area contributed by atoms with Crippen molar-refractivity contribution < 1.29 is 14.3 Å². The predicted octanol–water partition coefficient (Wildman–Crippen LogP) is 2.76. The zero-order valence-electron chi connectivity index (χ0n) is 10.9. The quantitative estimate of drug-likeness (QED) is 0.902. The minimum Gasteiger partial charge on any atom is -0.475 e. The van der Waals surface area contributed by atoms with E-state index < -0.39 is 5.97 Å². The minimum absolute atomic E-state index is 0.0682. The Morgan fingerprint density at radius 3 is 2.67 bits per heavy atom. The van der Waals surface area contributed by atoms with Gasteiger partial charge in [-0.25, -0.2) is 4.79 Å². The molecule has 1 aromatic heterocycles. The number of furan rings is 1. The average Bonchev–Trinajstić information content (AvgIpc) is 2.68. The SMILES string of the molecule is CCc1c(C(=O)O)oc2cccc(CN(C)C)c12. The summed E-state index contributed by atoms with van der Waals surface area (Å²) >= 11 is 0.